The molecule has 2 rings (SSSR count). The van der Waals surface area contributed by atoms with Gasteiger partial charge in [-0.15, -0.1) is 0 Å². The van der Waals surface area contributed by atoms with Crippen LogP contribution in [-0.2, 0) is 11.2 Å². The van der Waals surface area contributed by atoms with E-state index in [1.807, 2.05) is 19.9 Å². The van der Waals surface area contributed by atoms with Crippen LogP contribution in [0.3, 0.4) is 0 Å². The van der Waals surface area contributed by atoms with E-state index in [-0.39, 0.29) is 5.92 Å². The molecule has 1 unspecified atom stereocenters. The first-order chi connectivity index (χ1) is 7.33. The van der Waals surface area contributed by atoms with Crippen molar-refractivity contribution < 1.29 is 4.79 Å². The van der Waals surface area contributed by atoms with Crippen molar-refractivity contribution in [1.29, 1.82) is 0 Å². The molecule has 0 radical (unpaired) electrons. The van der Waals surface area contributed by atoms with Crippen LogP contribution in [0, 0.1) is 0 Å². The van der Waals surface area contributed by atoms with Crippen LogP contribution in [0.2, 0.25) is 0 Å². The van der Waals surface area contributed by atoms with Crippen LogP contribution >= 0.6 is 0 Å². The molecule has 0 heterocycles. The Labute approximate surface area is 92.5 Å². The summed E-state index contributed by atoms with van der Waals surface area (Å²) < 4.78 is 0. The number of ketones is 1. The van der Waals surface area contributed by atoms with Gasteiger partial charge in [0.2, 0.25) is 0 Å². The van der Waals surface area contributed by atoms with Gasteiger partial charge >= 0.3 is 0 Å². The summed E-state index contributed by atoms with van der Waals surface area (Å²) in [5.41, 5.74) is 2.63. The van der Waals surface area contributed by atoms with Crippen LogP contribution in [0.15, 0.2) is 24.3 Å². The summed E-state index contributed by atoms with van der Waals surface area (Å²) in [6.45, 7) is 6.09. The molecule has 1 aromatic rings. The Balaban J connectivity index is 0.000000531. The maximum absolute atomic E-state index is 11.6. The van der Waals surface area contributed by atoms with Gasteiger partial charge in [-0.05, 0) is 24.0 Å². The predicted octanol–water partition coefficient (Wildman–Crippen LogP) is 3.72. The molecule has 0 aliphatic heterocycles. The second kappa shape index (κ2) is 5.69. The van der Waals surface area contributed by atoms with E-state index in [1.165, 1.54) is 11.1 Å². The van der Waals surface area contributed by atoms with E-state index in [9.17, 15) is 4.79 Å². The first-order valence-corrected chi connectivity index (χ1v) is 5.93. The highest BCUT2D eigenvalue weighted by atomic mass is 16.1. The quantitative estimate of drug-likeness (QED) is 0.681. The lowest BCUT2D eigenvalue weighted by Crippen LogP contribution is -2.19. The number of benzene rings is 1. The summed E-state index contributed by atoms with van der Waals surface area (Å²) in [4.78, 5) is 11.6. The molecule has 1 aliphatic rings. The highest BCUT2D eigenvalue weighted by Gasteiger charge is 2.24. The number of rotatable bonds is 1. The minimum absolute atomic E-state index is 0.171. The number of hydrogen-bond donors (Lipinski definition) is 0. The number of aryl methyl sites for hydroxylation is 1. The van der Waals surface area contributed by atoms with E-state index >= 15 is 0 Å². The SMILES string of the molecule is CC.CCC1C(=O)CCc2ccccc21. The molecule has 0 aromatic heterocycles. The molecule has 1 aliphatic carbocycles. The van der Waals surface area contributed by atoms with E-state index in [0.717, 1.165) is 19.3 Å². The lowest BCUT2D eigenvalue weighted by atomic mass is 9.80. The van der Waals surface area contributed by atoms with Crippen molar-refractivity contribution in [3.05, 3.63) is 35.4 Å². The Morgan fingerprint density at radius 1 is 1.20 bits per heavy atom. The molecule has 0 saturated heterocycles. The molecule has 1 nitrogen and oxygen atoms in total. The summed E-state index contributed by atoms with van der Waals surface area (Å²) in [6, 6.07) is 8.33. The topological polar surface area (TPSA) is 17.1 Å². The maximum Gasteiger partial charge on any atom is 0.140 e. The first kappa shape index (κ1) is 12.0. The van der Waals surface area contributed by atoms with Crippen LogP contribution in [0.5, 0.6) is 0 Å². The molecule has 1 atom stereocenters. The van der Waals surface area contributed by atoms with Gasteiger partial charge in [0, 0.05) is 12.3 Å². The third-order valence-corrected chi connectivity index (χ3v) is 2.87. The van der Waals surface area contributed by atoms with E-state index in [2.05, 4.69) is 25.1 Å². The van der Waals surface area contributed by atoms with E-state index < -0.39 is 0 Å². The average Bonchev–Trinajstić information content (AvgIpc) is 2.32. The fourth-order valence-corrected chi connectivity index (χ4v) is 2.15. The zero-order valence-electron chi connectivity index (χ0n) is 9.92. The third-order valence-electron chi connectivity index (χ3n) is 2.87. The van der Waals surface area contributed by atoms with Gasteiger partial charge in [0.25, 0.3) is 0 Å². The summed E-state index contributed by atoms with van der Waals surface area (Å²) >= 11 is 0. The third kappa shape index (κ3) is 2.47. The zero-order chi connectivity index (χ0) is 11.3. The number of carbonyl (C=O) groups excluding carboxylic acids is 1. The van der Waals surface area contributed by atoms with Gasteiger partial charge in [-0.3, -0.25) is 4.79 Å². The maximum atomic E-state index is 11.6. The molecule has 1 heteroatoms. The van der Waals surface area contributed by atoms with Crippen molar-refractivity contribution in [2.24, 2.45) is 0 Å². The van der Waals surface area contributed by atoms with Crippen molar-refractivity contribution in [3.8, 4) is 0 Å². The Bertz CT molecular complexity index is 328. The Kier molecular flexibility index (Phi) is 4.54. The lowest BCUT2D eigenvalue weighted by molar-refractivity contribution is -0.121. The Morgan fingerprint density at radius 2 is 1.87 bits per heavy atom. The standard InChI is InChI=1S/C12H14O.C2H6/c1-2-10-11-6-4-3-5-9(11)7-8-12(10)13;1-2/h3-6,10H,2,7-8H2,1H3;1-2H3. The molecule has 0 amide bonds. The number of carbonyl (C=O) groups is 1. The Morgan fingerprint density at radius 3 is 2.53 bits per heavy atom. The van der Waals surface area contributed by atoms with Crippen molar-refractivity contribution >= 4 is 5.78 Å². The normalized spacial score (nSPS) is 18.9. The summed E-state index contributed by atoms with van der Waals surface area (Å²) in [7, 11) is 0. The van der Waals surface area contributed by atoms with E-state index in [4.69, 9.17) is 0 Å². The fourth-order valence-electron chi connectivity index (χ4n) is 2.15. The Hall–Kier alpha value is -1.11. The molecule has 15 heavy (non-hydrogen) atoms. The lowest BCUT2D eigenvalue weighted by Gasteiger charge is -2.22. The summed E-state index contributed by atoms with van der Waals surface area (Å²) in [5, 5.41) is 0. The molecule has 0 saturated carbocycles. The number of Topliss-reactive ketones (excluding diaryl/α,β-unsaturated/α-hetero) is 1. The van der Waals surface area contributed by atoms with Crippen LogP contribution in [0.25, 0.3) is 0 Å². The van der Waals surface area contributed by atoms with Crippen LogP contribution in [-0.4, -0.2) is 5.78 Å². The summed E-state index contributed by atoms with van der Waals surface area (Å²) in [6.07, 6.45) is 2.61. The van der Waals surface area contributed by atoms with Crippen LogP contribution in [0.1, 0.15) is 50.7 Å². The monoisotopic (exact) mass is 204 g/mol. The van der Waals surface area contributed by atoms with Crippen LogP contribution in [0.4, 0.5) is 0 Å². The van der Waals surface area contributed by atoms with Gasteiger partial charge < -0.3 is 0 Å². The van der Waals surface area contributed by atoms with Gasteiger partial charge in [0.05, 0.1) is 0 Å². The second-order valence-electron chi connectivity index (χ2n) is 3.63. The van der Waals surface area contributed by atoms with Gasteiger partial charge in [-0.25, -0.2) is 0 Å². The van der Waals surface area contributed by atoms with Gasteiger partial charge in [0.15, 0.2) is 0 Å². The van der Waals surface area contributed by atoms with Gasteiger partial charge in [-0.2, -0.15) is 0 Å². The minimum atomic E-state index is 0.171. The molecular weight excluding hydrogens is 184 g/mol. The first-order valence-electron chi connectivity index (χ1n) is 5.93. The van der Waals surface area contributed by atoms with Crippen molar-refractivity contribution in [2.45, 2.75) is 46.0 Å². The zero-order valence-corrected chi connectivity index (χ0v) is 9.92. The smallest absolute Gasteiger partial charge is 0.140 e. The number of hydrogen-bond acceptors (Lipinski definition) is 1. The summed E-state index contributed by atoms with van der Waals surface area (Å²) in [5.74, 6) is 0.589. The average molecular weight is 204 g/mol. The predicted molar refractivity (Wildman–Crippen MR) is 64.2 cm³/mol. The molecule has 0 N–H and O–H groups in total. The highest BCUT2D eigenvalue weighted by molar-refractivity contribution is 5.87. The number of fused-ring (bicyclic) bond motifs is 1. The van der Waals surface area contributed by atoms with E-state index in [1.54, 1.807) is 0 Å². The molecule has 1 aromatic carbocycles. The van der Waals surface area contributed by atoms with Crippen molar-refractivity contribution in [1.82, 2.24) is 0 Å². The van der Waals surface area contributed by atoms with E-state index in [0.29, 0.717) is 5.78 Å². The minimum Gasteiger partial charge on any atom is -0.299 e. The van der Waals surface area contributed by atoms with Gasteiger partial charge in [-0.1, -0.05) is 45.0 Å². The van der Waals surface area contributed by atoms with Gasteiger partial charge in [0.1, 0.15) is 5.78 Å². The molecule has 0 spiro atoms. The second-order valence-corrected chi connectivity index (χ2v) is 3.63. The highest BCUT2D eigenvalue weighted by Crippen LogP contribution is 2.30. The van der Waals surface area contributed by atoms with Crippen LogP contribution < -0.4 is 0 Å². The fraction of sp³-hybridized carbons (Fsp3) is 0.500. The molecule has 0 fully saturated rings. The molecule has 0 bridgehead atoms. The molecule has 82 valence electrons. The molecular formula is C14H20O. The van der Waals surface area contributed by atoms with Crippen molar-refractivity contribution in [2.75, 3.05) is 0 Å². The van der Waals surface area contributed by atoms with Crippen molar-refractivity contribution in [3.63, 3.8) is 0 Å². The largest absolute Gasteiger partial charge is 0.299 e.